The molecule has 0 heterocycles. The Morgan fingerprint density at radius 3 is 2.71 bits per heavy atom. The van der Waals surface area contributed by atoms with Crippen molar-refractivity contribution in [2.75, 3.05) is 23.8 Å². The molecule has 1 aromatic carbocycles. The number of hydrogen-bond acceptors (Lipinski definition) is 3. The SMILES string of the molecule is Nc1cccc(Cl)c1N(CCCO)C1CCC1. The summed E-state index contributed by atoms with van der Waals surface area (Å²) in [6, 6.07) is 6.15. The molecule has 4 heteroatoms. The van der Waals surface area contributed by atoms with Crippen LogP contribution in [0.25, 0.3) is 0 Å². The molecular weight excluding hydrogens is 236 g/mol. The Bertz CT molecular complexity index is 359. The van der Waals surface area contributed by atoms with E-state index in [-0.39, 0.29) is 6.61 Å². The average molecular weight is 255 g/mol. The van der Waals surface area contributed by atoms with Crippen molar-refractivity contribution >= 4 is 23.0 Å². The fourth-order valence-corrected chi connectivity index (χ4v) is 2.54. The van der Waals surface area contributed by atoms with Crippen molar-refractivity contribution in [1.29, 1.82) is 0 Å². The van der Waals surface area contributed by atoms with Gasteiger partial charge in [-0.15, -0.1) is 0 Å². The molecule has 3 N–H and O–H groups in total. The second-order valence-electron chi connectivity index (χ2n) is 4.53. The van der Waals surface area contributed by atoms with Crippen molar-refractivity contribution in [2.45, 2.75) is 31.7 Å². The van der Waals surface area contributed by atoms with Gasteiger partial charge in [-0.25, -0.2) is 0 Å². The highest BCUT2D eigenvalue weighted by Crippen LogP contribution is 2.37. The van der Waals surface area contributed by atoms with E-state index in [1.165, 1.54) is 19.3 Å². The molecule has 0 spiro atoms. The number of benzene rings is 1. The van der Waals surface area contributed by atoms with Gasteiger partial charge in [0.25, 0.3) is 0 Å². The van der Waals surface area contributed by atoms with Gasteiger partial charge in [-0.2, -0.15) is 0 Å². The zero-order valence-electron chi connectivity index (χ0n) is 9.90. The summed E-state index contributed by atoms with van der Waals surface area (Å²) in [5.74, 6) is 0. The minimum atomic E-state index is 0.202. The van der Waals surface area contributed by atoms with Crippen molar-refractivity contribution in [2.24, 2.45) is 0 Å². The van der Waals surface area contributed by atoms with E-state index in [2.05, 4.69) is 4.90 Å². The van der Waals surface area contributed by atoms with E-state index in [9.17, 15) is 0 Å². The summed E-state index contributed by atoms with van der Waals surface area (Å²) in [5, 5.41) is 9.69. The summed E-state index contributed by atoms with van der Waals surface area (Å²) in [5.41, 5.74) is 7.68. The minimum absolute atomic E-state index is 0.202. The Labute approximate surface area is 107 Å². The predicted molar refractivity (Wildman–Crippen MR) is 72.6 cm³/mol. The van der Waals surface area contributed by atoms with Crippen LogP contribution in [-0.4, -0.2) is 24.3 Å². The van der Waals surface area contributed by atoms with Crippen LogP contribution in [0.2, 0.25) is 5.02 Å². The molecule has 0 aliphatic heterocycles. The predicted octanol–water partition coefficient (Wildman–Crippen LogP) is 2.66. The number of hydrogen-bond donors (Lipinski definition) is 2. The van der Waals surface area contributed by atoms with Crippen molar-refractivity contribution < 1.29 is 5.11 Å². The molecule has 1 aliphatic carbocycles. The molecule has 0 saturated heterocycles. The summed E-state index contributed by atoms with van der Waals surface area (Å²) < 4.78 is 0. The van der Waals surface area contributed by atoms with E-state index in [1.54, 1.807) is 0 Å². The summed E-state index contributed by atoms with van der Waals surface area (Å²) in [4.78, 5) is 2.26. The van der Waals surface area contributed by atoms with Crippen LogP contribution in [0, 0.1) is 0 Å². The van der Waals surface area contributed by atoms with E-state index in [0.717, 1.165) is 24.3 Å². The van der Waals surface area contributed by atoms with E-state index in [4.69, 9.17) is 22.4 Å². The Hall–Kier alpha value is -0.930. The summed E-state index contributed by atoms with van der Waals surface area (Å²) in [6.07, 6.45) is 4.40. The smallest absolute Gasteiger partial charge is 0.0791 e. The second-order valence-corrected chi connectivity index (χ2v) is 4.94. The number of nitrogens with two attached hydrogens (primary N) is 1. The van der Waals surface area contributed by atoms with Crippen molar-refractivity contribution in [1.82, 2.24) is 0 Å². The topological polar surface area (TPSA) is 49.5 Å². The highest BCUT2D eigenvalue weighted by Gasteiger charge is 2.27. The molecule has 17 heavy (non-hydrogen) atoms. The zero-order chi connectivity index (χ0) is 12.3. The molecule has 1 saturated carbocycles. The third-order valence-electron chi connectivity index (χ3n) is 3.38. The molecule has 0 aromatic heterocycles. The maximum absolute atomic E-state index is 8.98. The van der Waals surface area contributed by atoms with Crippen LogP contribution in [-0.2, 0) is 0 Å². The quantitative estimate of drug-likeness (QED) is 0.795. The van der Waals surface area contributed by atoms with Crippen LogP contribution in [0.3, 0.4) is 0 Å². The lowest BCUT2D eigenvalue weighted by Crippen LogP contribution is -2.41. The van der Waals surface area contributed by atoms with Crippen molar-refractivity contribution in [3.05, 3.63) is 23.2 Å². The summed E-state index contributed by atoms with van der Waals surface area (Å²) >= 11 is 6.24. The first-order valence-electron chi connectivity index (χ1n) is 6.15. The van der Waals surface area contributed by atoms with Crippen LogP contribution in [0.15, 0.2) is 18.2 Å². The van der Waals surface area contributed by atoms with Crippen LogP contribution in [0.1, 0.15) is 25.7 Å². The second kappa shape index (κ2) is 5.61. The molecule has 1 aromatic rings. The lowest BCUT2D eigenvalue weighted by atomic mass is 9.90. The molecule has 0 bridgehead atoms. The third-order valence-corrected chi connectivity index (χ3v) is 3.68. The number of nitrogen functional groups attached to an aromatic ring is 1. The Kier molecular flexibility index (Phi) is 4.13. The van der Waals surface area contributed by atoms with Crippen LogP contribution in [0.5, 0.6) is 0 Å². The molecule has 1 aliphatic rings. The van der Waals surface area contributed by atoms with Crippen LogP contribution >= 0.6 is 11.6 Å². The average Bonchev–Trinajstić information content (AvgIpc) is 2.22. The lowest BCUT2D eigenvalue weighted by Gasteiger charge is -2.40. The van der Waals surface area contributed by atoms with Gasteiger partial charge in [0.1, 0.15) is 0 Å². The first-order valence-corrected chi connectivity index (χ1v) is 6.53. The van der Waals surface area contributed by atoms with Gasteiger partial charge in [0.05, 0.1) is 16.4 Å². The van der Waals surface area contributed by atoms with Crippen LogP contribution < -0.4 is 10.6 Å². The highest BCUT2D eigenvalue weighted by molar-refractivity contribution is 6.34. The Balaban J connectivity index is 2.24. The fraction of sp³-hybridized carbons (Fsp3) is 0.538. The first-order chi connectivity index (χ1) is 8.24. The van der Waals surface area contributed by atoms with E-state index < -0.39 is 0 Å². The van der Waals surface area contributed by atoms with Gasteiger partial charge in [-0.05, 0) is 37.8 Å². The number of aliphatic hydroxyl groups excluding tert-OH is 1. The summed E-state index contributed by atoms with van der Waals surface area (Å²) in [6.45, 7) is 1.02. The normalized spacial score (nSPS) is 15.6. The van der Waals surface area contributed by atoms with Crippen molar-refractivity contribution in [3.8, 4) is 0 Å². The molecule has 0 amide bonds. The summed E-state index contributed by atoms with van der Waals surface area (Å²) in [7, 11) is 0. The number of anilines is 2. The van der Waals surface area contributed by atoms with Gasteiger partial charge in [0.15, 0.2) is 0 Å². The largest absolute Gasteiger partial charge is 0.397 e. The van der Waals surface area contributed by atoms with Crippen LogP contribution in [0.4, 0.5) is 11.4 Å². The fourth-order valence-electron chi connectivity index (χ4n) is 2.25. The van der Waals surface area contributed by atoms with E-state index >= 15 is 0 Å². The van der Waals surface area contributed by atoms with Gasteiger partial charge >= 0.3 is 0 Å². The molecule has 94 valence electrons. The molecule has 0 radical (unpaired) electrons. The number of halogens is 1. The number of rotatable bonds is 5. The maximum Gasteiger partial charge on any atom is 0.0791 e. The first kappa shape index (κ1) is 12.5. The number of para-hydroxylation sites is 1. The zero-order valence-corrected chi connectivity index (χ0v) is 10.7. The van der Waals surface area contributed by atoms with Gasteiger partial charge in [-0.1, -0.05) is 17.7 Å². The molecule has 0 atom stereocenters. The molecule has 1 fully saturated rings. The highest BCUT2D eigenvalue weighted by atomic mass is 35.5. The molecule has 0 unspecified atom stereocenters. The third kappa shape index (κ3) is 2.67. The lowest BCUT2D eigenvalue weighted by molar-refractivity contribution is 0.283. The Morgan fingerprint density at radius 1 is 1.41 bits per heavy atom. The Morgan fingerprint density at radius 2 is 2.18 bits per heavy atom. The van der Waals surface area contributed by atoms with E-state index in [0.29, 0.717) is 11.1 Å². The van der Waals surface area contributed by atoms with Crippen molar-refractivity contribution in [3.63, 3.8) is 0 Å². The minimum Gasteiger partial charge on any atom is -0.397 e. The molecule has 3 nitrogen and oxygen atoms in total. The molecular formula is C13H19ClN2O. The standard InChI is InChI=1S/C13H19ClN2O/c14-11-6-2-7-12(15)13(11)16(8-3-9-17)10-4-1-5-10/h2,6-7,10,17H,1,3-5,8-9,15H2. The van der Waals surface area contributed by atoms with Gasteiger partial charge in [-0.3, -0.25) is 0 Å². The number of aliphatic hydroxyl groups is 1. The monoisotopic (exact) mass is 254 g/mol. The van der Waals surface area contributed by atoms with Gasteiger partial charge in [0.2, 0.25) is 0 Å². The maximum atomic E-state index is 8.98. The van der Waals surface area contributed by atoms with Gasteiger partial charge < -0.3 is 15.7 Å². The van der Waals surface area contributed by atoms with Gasteiger partial charge in [0, 0.05) is 19.2 Å². The number of nitrogens with zero attached hydrogens (tertiary/aromatic N) is 1. The molecule has 2 rings (SSSR count). The van der Waals surface area contributed by atoms with E-state index in [1.807, 2.05) is 18.2 Å².